The van der Waals surface area contributed by atoms with Gasteiger partial charge in [-0.1, -0.05) is 36.4 Å². The van der Waals surface area contributed by atoms with Gasteiger partial charge in [0.15, 0.2) is 5.82 Å². The van der Waals surface area contributed by atoms with Crippen molar-refractivity contribution >= 4 is 0 Å². The summed E-state index contributed by atoms with van der Waals surface area (Å²) in [5.74, 6) is 1.19. The van der Waals surface area contributed by atoms with Crippen LogP contribution in [0, 0.1) is 0 Å². The molecule has 6 heteroatoms. The minimum Gasteiger partial charge on any atom is -0.324 e. The third kappa shape index (κ3) is 2.41. The Labute approximate surface area is 116 Å². The summed E-state index contributed by atoms with van der Waals surface area (Å²) in [4.78, 5) is 5.71. The van der Waals surface area contributed by atoms with Crippen molar-refractivity contribution in [2.45, 2.75) is 13.0 Å². The van der Waals surface area contributed by atoms with E-state index in [9.17, 15) is 0 Å². The average molecular weight is 266 g/mol. The molecule has 1 atom stereocenters. The Morgan fingerprint density at radius 1 is 1.10 bits per heavy atom. The summed E-state index contributed by atoms with van der Waals surface area (Å²) in [6.07, 6.45) is 1.73. The fourth-order valence-electron chi connectivity index (χ4n) is 1.80. The first kappa shape index (κ1) is 12.4. The van der Waals surface area contributed by atoms with Crippen LogP contribution in [0.5, 0.6) is 0 Å². The van der Waals surface area contributed by atoms with E-state index in [2.05, 4.69) is 20.4 Å². The van der Waals surface area contributed by atoms with E-state index >= 15 is 0 Å². The Bertz CT molecular complexity index is 687. The fourth-order valence-corrected chi connectivity index (χ4v) is 1.80. The highest BCUT2D eigenvalue weighted by atomic mass is 15.6. The summed E-state index contributed by atoms with van der Waals surface area (Å²) >= 11 is 0. The van der Waals surface area contributed by atoms with Crippen LogP contribution in [0.25, 0.3) is 17.2 Å². The molecule has 2 heterocycles. The highest BCUT2D eigenvalue weighted by Crippen LogP contribution is 2.14. The number of hydrogen-bond donors (Lipinski definition) is 1. The van der Waals surface area contributed by atoms with Gasteiger partial charge in [-0.3, -0.25) is 0 Å². The highest BCUT2D eigenvalue weighted by Gasteiger charge is 2.08. The Morgan fingerprint density at radius 2 is 1.90 bits per heavy atom. The summed E-state index contributed by atoms with van der Waals surface area (Å²) in [5, 5.41) is 12.4. The predicted octanol–water partition coefficient (Wildman–Crippen LogP) is 1.74. The normalized spacial score (nSPS) is 12.3. The molecule has 20 heavy (non-hydrogen) atoms. The van der Waals surface area contributed by atoms with Crippen molar-refractivity contribution in [2.75, 3.05) is 0 Å². The molecule has 0 aliphatic carbocycles. The van der Waals surface area contributed by atoms with Gasteiger partial charge in [-0.05, 0) is 23.8 Å². The number of rotatable bonds is 3. The van der Waals surface area contributed by atoms with Gasteiger partial charge in [0.05, 0.1) is 0 Å². The van der Waals surface area contributed by atoms with E-state index < -0.39 is 0 Å². The second-order valence-corrected chi connectivity index (χ2v) is 4.51. The van der Waals surface area contributed by atoms with E-state index in [1.54, 1.807) is 6.20 Å². The zero-order chi connectivity index (χ0) is 13.9. The lowest BCUT2D eigenvalue weighted by Gasteiger charge is -2.04. The maximum Gasteiger partial charge on any atom is 0.205 e. The summed E-state index contributed by atoms with van der Waals surface area (Å²) in [5.41, 5.74) is 7.68. The van der Waals surface area contributed by atoms with Gasteiger partial charge < -0.3 is 5.73 Å². The van der Waals surface area contributed by atoms with Crippen molar-refractivity contribution in [3.05, 3.63) is 54.2 Å². The van der Waals surface area contributed by atoms with Gasteiger partial charge in [-0.15, -0.1) is 15.0 Å². The molecule has 0 aliphatic heterocycles. The van der Waals surface area contributed by atoms with E-state index in [0.717, 1.165) is 11.1 Å². The molecule has 0 unspecified atom stereocenters. The number of hydrogen-bond acceptors (Lipinski definition) is 5. The molecule has 0 radical (unpaired) electrons. The van der Waals surface area contributed by atoms with Gasteiger partial charge >= 0.3 is 0 Å². The van der Waals surface area contributed by atoms with Crippen LogP contribution in [-0.4, -0.2) is 25.2 Å². The first-order valence-corrected chi connectivity index (χ1v) is 6.31. The Balaban J connectivity index is 1.90. The van der Waals surface area contributed by atoms with Crippen LogP contribution < -0.4 is 5.73 Å². The molecule has 2 aromatic heterocycles. The predicted molar refractivity (Wildman–Crippen MR) is 75.0 cm³/mol. The van der Waals surface area contributed by atoms with Crippen LogP contribution in [0.3, 0.4) is 0 Å². The van der Waals surface area contributed by atoms with Crippen LogP contribution in [-0.2, 0) is 0 Å². The smallest absolute Gasteiger partial charge is 0.205 e. The number of nitrogens with two attached hydrogens (primary N) is 1. The van der Waals surface area contributed by atoms with E-state index in [4.69, 9.17) is 5.73 Å². The molecule has 0 bridgehead atoms. The first-order valence-electron chi connectivity index (χ1n) is 6.31. The second-order valence-electron chi connectivity index (χ2n) is 4.51. The summed E-state index contributed by atoms with van der Waals surface area (Å²) in [7, 11) is 0. The van der Waals surface area contributed by atoms with Crippen molar-refractivity contribution in [3.8, 4) is 17.2 Å². The molecule has 0 saturated carbocycles. The van der Waals surface area contributed by atoms with Crippen LogP contribution in [0.2, 0.25) is 0 Å². The van der Waals surface area contributed by atoms with Gasteiger partial charge in [0.2, 0.25) is 5.82 Å². The van der Waals surface area contributed by atoms with Gasteiger partial charge in [0.25, 0.3) is 0 Å². The molecule has 0 saturated heterocycles. The Kier molecular flexibility index (Phi) is 3.22. The van der Waals surface area contributed by atoms with Crippen molar-refractivity contribution in [1.29, 1.82) is 0 Å². The largest absolute Gasteiger partial charge is 0.324 e. The van der Waals surface area contributed by atoms with E-state index in [1.165, 1.54) is 4.80 Å². The maximum absolute atomic E-state index is 5.79. The number of tetrazole rings is 1. The molecule has 0 aliphatic rings. The third-order valence-corrected chi connectivity index (χ3v) is 2.95. The topological polar surface area (TPSA) is 82.5 Å². The second kappa shape index (κ2) is 5.18. The zero-order valence-electron chi connectivity index (χ0n) is 11.0. The Hall–Kier alpha value is -2.60. The van der Waals surface area contributed by atoms with Crippen LogP contribution >= 0.6 is 0 Å². The summed E-state index contributed by atoms with van der Waals surface area (Å²) < 4.78 is 0. The van der Waals surface area contributed by atoms with Gasteiger partial charge in [-0.2, -0.15) is 0 Å². The van der Waals surface area contributed by atoms with Gasteiger partial charge in [0, 0.05) is 17.8 Å². The lowest BCUT2D eigenvalue weighted by Crippen LogP contribution is -2.07. The molecule has 6 nitrogen and oxygen atoms in total. The number of nitrogens with zero attached hydrogens (tertiary/aromatic N) is 5. The minimum atomic E-state index is -0.0415. The highest BCUT2D eigenvalue weighted by molar-refractivity contribution is 5.53. The molecule has 0 spiro atoms. The summed E-state index contributed by atoms with van der Waals surface area (Å²) in [6.45, 7) is 1.91. The SMILES string of the molecule is C[C@@H](N)c1ccc(-n2nnc(-c3ccccc3)n2)nc1. The Morgan fingerprint density at radius 3 is 2.55 bits per heavy atom. The van der Waals surface area contributed by atoms with E-state index in [-0.39, 0.29) is 6.04 Å². The van der Waals surface area contributed by atoms with E-state index in [0.29, 0.717) is 11.6 Å². The molecule has 3 aromatic rings. The first-order chi connectivity index (χ1) is 9.74. The molecule has 0 amide bonds. The molecule has 0 fully saturated rings. The summed E-state index contributed by atoms with van der Waals surface area (Å²) in [6, 6.07) is 13.4. The third-order valence-electron chi connectivity index (χ3n) is 2.95. The standard InChI is InChI=1S/C14H14N6/c1-10(15)12-7-8-13(16-9-12)20-18-14(17-19-20)11-5-3-2-4-6-11/h2-10H,15H2,1H3/t10-/m1/s1. The molecule has 1 aromatic carbocycles. The lowest BCUT2D eigenvalue weighted by molar-refractivity contribution is 0.697. The molecular formula is C14H14N6. The molecule has 3 rings (SSSR count). The van der Waals surface area contributed by atoms with Crippen molar-refractivity contribution in [2.24, 2.45) is 5.73 Å². The maximum atomic E-state index is 5.79. The number of aromatic nitrogens is 5. The van der Waals surface area contributed by atoms with Crippen molar-refractivity contribution < 1.29 is 0 Å². The zero-order valence-corrected chi connectivity index (χ0v) is 11.0. The van der Waals surface area contributed by atoms with Gasteiger partial charge in [-0.25, -0.2) is 4.98 Å². The molecule has 100 valence electrons. The number of benzene rings is 1. The molecular weight excluding hydrogens is 252 g/mol. The van der Waals surface area contributed by atoms with Crippen LogP contribution in [0.15, 0.2) is 48.7 Å². The van der Waals surface area contributed by atoms with Crippen LogP contribution in [0.1, 0.15) is 18.5 Å². The van der Waals surface area contributed by atoms with E-state index in [1.807, 2.05) is 49.4 Å². The average Bonchev–Trinajstić information content (AvgIpc) is 2.98. The molecule has 2 N–H and O–H groups in total. The number of pyridine rings is 1. The lowest BCUT2D eigenvalue weighted by atomic mass is 10.2. The van der Waals surface area contributed by atoms with Gasteiger partial charge in [0.1, 0.15) is 0 Å². The van der Waals surface area contributed by atoms with Crippen molar-refractivity contribution in [1.82, 2.24) is 25.2 Å². The van der Waals surface area contributed by atoms with Crippen LogP contribution in [0.4, 0.5) is 0 Å². The quantitative estimate of drug-likeness (QED) is 0.780. The monoisotopic (exact) mass is 266 g/mol. The minimum absolute atomic E-state index is 0.0415. The van der Waals surface area contributed by atoms with Crippen molar-refractivity contribution in [3.63, 3.8) is 0 Å². The fraction of sp³-hybridized carbons (Fsp3) is 0.143.